The van der Waals surface area contributed by atoms with E-state index in [-0.39, 0.29) is 29.6 Å². The van der Waals surface area contributed by atoms with Gasteiger partial charge in [0.25, 0.3) is 0 Å². The van der Waals surface area contributed by atoms with E-state index in [9.17, 15) is 14.3 Å². The van der Waals surface area contributed by atoms with Crippen LogP contribution in [0.3, 0.4) is 0 Å². The van der Waals surface area contributed by atoms with Gasteiger partial charge in [0.05, 0.1) is 13.0 Å². The molecule has 0 aliphatic heterocycles. The normalized spacial score (nSPS) is 13.9. The molecule has 27 heavy (non-hydrogen) atoms. The minimum Gasteiger partial charge on any atom is -0.466 e. The summed E-state index contributed by atoms with van der Waals surface area (Å²) in [4.78, 5) is 21.5. The number of carbonyl (C=O) groups excluding carboxylic acids is 1. The van der Waals surface area contributed by atoms with Gasteiger partial charge in [0.1, 0.15) is 0 Å². The lowest BCUT2D eigenvalue weighted by Crippen LogP contribution is -2.27. The van der Waals surface area contributed by atoms with E-state index in [1.165, 1.54) is 5.56 Å². The number of benzene rings is 1. The van der Waals surface area contributed by atoms with Crippen LogP contribution in [0.15, 0.2) is 30.3 Å². The number of esters is 1. The maximum absolute atomic E-state index is 12.4. The maximum Gasteiger partial charge on any atom is 0.306 e. The zero-order valence-electron chi connectivity index (χ0n) is 18.2. The van der Waals surface area contributed by atoms with Crippen molar-refractivity contribution in [2.45, 2.75) is 73.1 Å². The van der Waals surface area contributed by atoms with Crippen LogP contribution in [-0.4, -0.2) is 29.8 Å². The van der Waals surface area contributed by atoms with Gasteiger partial charge in [0, 0.05) is 12.3 Å². The van der Waals surface area contributed by atoms with Crippen LogP contribution in [0, 0.1) is 5.41 Å². The Kier molecular flexibility index (Phi) is 11.2. The third kappa shape index (κ3) is 10.7. The number of rotatable bonds is 10. The summed E-state index contributed by atoms with van der Waals surface area (Å²) >= 11 is 0. The van der Waals surface area contributed by atoms with Crippen molar-refractivity contribution in [1.29, 1.82) is 0 Å². The first kappa shape index (κ1) is 25.9. The van der Waals surface area contributed by atoms with Crippen molar-refractivity contribution in [2.75, 3.05) is 18.9 Å². The van der Waals surface area contributed by atoms with E-state index in [2.05, 4.69) is 39.8 Å². The van der Waals surface area contributed by atoms with Crippen LogP contribution in [-0.2, 0) is 19.5 Å². The van der Waals surface area contributed by atoms with Gasteiger partial charge in [-0.25, -0.2) is 0 Å². The molecule has 0 aromatic heterocycles. The molecule has 1 aromatic rings. The number of carbonyl (C=O) groups is 1. The summed E-state index contributed by atoms with van der Waals surface area (Å²) in [5.41, 5.74) is 1.20. The van der Waals surface area contributed by atoms with Crippen LogP contribution in [0.25, 0.3) is 0 Å². The summed E-state index contributed by atoms with van der Waals surface area (Å²) in [7, 11) is -3.30. The van der Waals surface area contributed by atoms with Crippen molar-refractivity contribution in [1.82, 2.24) is 0 Å². The van der Waals surface area contributed by atoms with E-state index >= 15 is 0 Å². The predicted molar refractivity (Wildman–Crippen MR) is 115 cm³/mol. The molecule has 4 nitrogen and oxygen atoms in total. The van der Waals surface area contributed by atoms with Gasteiger partial charge in [-0.2, -0.15) is 0 Å². The Hall–Kier alpha value is -1.12. The lowest BCUT2D eigenvalue weighted by atomic mass is 9.70. The second-order valence-corrected chi connectivity index (χ2v) is 10.8. The Labute approximate surface area is 166 Å². The number of hydrogen-bond acceptors (Lipinski definition) is 3. The van der Waals surface area contributed by atoms with Crippen molar-refractivity contribution in [3.63, 3.8) is 0 Å². The smallest absolute Gasteiger partial charge is 0.306 e. The molecule has 0 fully saturated rings. The summed E-state index contributed by atoms with van der Waals surface area (Å²) < 4.78 is 17.2. The minimum atomic E-state index is -3.30. The van der Waals surface area contributed by atoms with E-state index in [0.717, 1.165) is 6.42 Å². The fraction of sp³-hybridized carbons (Fsp3) is 0.682. The summed E-state index contributed by atoms with van der Waals surface area (Å²) in [6.45, 7) is 14.7. The molecule has 1 unspecified atom stereocenters. The van der Waals surface area contributed by atoms with Crippen LogP contribution in [0.2, 0.25) is 0 Å². The van der Waals surface area contributed by atoms with Crippen LogP contribution in [0.1, 0.15) is 73.3 Å². The lowest BCUT2D eigenvalue weighted by molar-refractivity contribution is -0.142. The quantitative estimate of drug-likeness (QED) is 0.387. The van der Waals surface area contributed by atoms with Gasteiger partial charge < -0.3 is 9.63 Å². The van der Waals surface area contributed by atoms with Crippen molar-refractivity contribution in [2.24, 2.45) is 5.41 Å². The summed E-state index contributed by atoms with van der Waals surface area (Å²) in [6.07, 6.45) is 1.83. The second-order valence-electron chi connectivity index (χ2n) is 8.19. The average Bonchev–Trinajstić information content (AvgIpc) is 2.61. The molecule has 0 amide bonds. The van der Waals surface area contributed by atoms with Gasteiger partial charge in [-0.15, -0.1) is 0 Å². The molecule has 0 saturated carbocycles. The third-order valence-corrected chi connectivity index (χ3v) is 6.43. The van der Waals surface area contributed by atoms with Crippen LogP contribution in [0.5, 0.6) is 0 Å². The van der Waals surface area contributed by atoms with Gasteiger partial charge in [-0.05, 0) is 36.2 Å². The molecule has 1 rings (SSSR count). The Bertz CT molecular complexity index is 594. The first-order valence-corrected chi connectivity index (χ1v) is 12.0. The molecule has 0 aliphatic rings. The molecule has 0 spiro atoms. The number of ether oxygens (including phenoxy) is 1. The Balaban J connectivity index is 0.00000326. The average molecular weight is 399 g/mol. The summed E-state index contributed by atoms with van der Waals surface area (Å²) in [5.74, 6) is -0.402. The Morgan fingerprint density at radius 3 is 2.15 bits per heavy atom. The molecule has 156 valence electrons. The largest absolute Gasteiger partial charge is 0.466 e. The lowest BCUT2D eigenvalue weighted by Gasteiger charge is -2.36. The van der Waals surface area contributed by atoms with Crippen molar-refractivity contribution in [3.8, 4) is 0 Å². The standard InChI is InChI=1S/C20H33O4P.C2H6/c1-6-24-18(21)12-14-25(22,23)15-13-19(2,3)16-20(4,5)17-10-8-7-9-11-17;1-2/h7-11H,6,12-16H2,1-5H3,(H,22,23);1-2H3. The zero-order valence-corrected chi connectivity index (χ0v) is 19.1. The molecule has 1 aromatic carbocycles. The molecule has 1 N–H and O–H groups in total. The van der Waals surface area contributed by atoms with Gasteiger partial charge in [-0.1, -0.05) is 71.9 Å². The molecule has 5 heteroatoms. The fourth-order valence-corrected chi connectivity index (χ4v) is 5.07. The molecular formula is C22H39O4P. The van der Waals surface area contributed by atoms with Gasteiger partial charge in [0.15, 0.2) is 0 Å². The van der Waals surface area contributed by atoms with Gasteiger partial charge >= 0.3 is 5.97 Å². The fourth-order valence-electron chi connectivity index (χ4n) is 3.36. The van der Waals surface area contributed by atoms with E-state index in [0.29, 0.717) is 13.0 Å². The topological polar surface area (TPSA) is 63.6 Å². The monoisotopic (exact) mass is 398 g/mol. The van der Waals surface area contributed by atoms with E-state index in [1.54, 1.807) is 6.92 Å². The Morgan fingerprint density at radius 2 is 1.63 bits per heavy atom. The highest BCUT2D eigenvalue weighted by molar-refractivity contribution is 7.58. The second kappa shape index (κ2) is 11.7. The van der Waals surface area contributed by atoms with Gasteiger partial charge in [-0.3, -0.25) is 9.36 Å². The Morgan fingerprint density at radius 1 is 1.07 bits per heavy atom. The van der Waals surface area contributed by atoms with E-state index in [4.69, 9.17) is 4.74 Å². The molecule has 0 aliphatic carbocycles. The van der Waals surface area contributed by atoms with Crippen molar-refractivity contribution < 1.29 is 19.0 Å². The molecule has 0 saturated heterocycles. The minimum absolute atomic E-state index is 0.00396. The molecular weight excluding hydrogens is 359 g/mol. The van der Waals surface area contributed by atoms with Crippen LogP contribution >= 0.6 is 7.37 Å². The zero-order chi connectivity index (χ0) is 21.1. The highest BCUT2D eigenvalue weighted by Crippen LogP contribution is 2.47. The molecule has 0 heterocycles. The molecule has 1 atom stereocenters. The number of hydrogen-bond donors (Lipinski definition) is 1. The first-order valence-electron chi connectivity index (χ1n) is 9.99. The first-order chi connectivity index (χ1) is 12.5. The van der Waals surface area contributed by atoms with Crippen molar-refractivity contribution >= 4 is 13.3 Å². The van der Waals surface area contributed by atoms with Gasteiger partial charge in [0.2, 0.25) is 7.37 Å². The van der Waals surface area contributed by atoms with Crippen LogP contribution < -0.4 is 0 Å². The summed E-state index contributed by atoms with van der Waals surface area (Å²) in [6, 6.07) is 10.4. The van der Waals surface area contributed by atoms with E-state index in [1.807, 2.05) is 32.0 Å². The highest BCUT2D eigenvalue weighted by Gasteiger charge is 2.32. The summed E-state index contributed by atoms with van der Waals surface area (Å²) in [5, 5.41) is 0. The maximum atomic E-state index is 12.4. The van der Waals surface area contributed by atoms with E-state index < -0.39 is 13.3 Å². The SMILES string of the molecule is CC.CCOC(=O)CCP(=O)(O)CCC(C)(C)CC(C)(C)c1ccccc1. The van der Waals surface area contributed by atoms with Crippen molar-refractivity contribution in [3.05, 3.63) is 35.9 Å². The molecule has 0 radical (unpaired) electrons. The third-order valence-electron chi connectivity index (χ3n) is 4.58. The highest BCUT2D eigenvalue weighted by atomic mass is 31.2. The predicted octanol–water partition coefficient (Wildman–Crippen LogP) is 6.02. The van der Waals surface area contributed by atoms with Crippen LogP contribution in [0.4, 0.5) is 0 Å². The molecule has 0 bridgehead atoms.